The van der Waals surface area contributed by atoms with Gasteiger partial charge in [-0.15, -0.1) is 10.2 Å². The first-order chi connectivity index (χ1) is 13.5. The zero-order chi connectivity index (χ0) is 19.9. The number of rotatable bonds is 10. The molecule has 0 unspecified atom stereocenters. The quantitative estimate of drug-likeness (QED) is 0.520. The number of aryl methyl sites for hydroxylation is 1. The first-order valence-electron chi connectivity index (χ1n) is 9.20. The minimum Gasteiger partial charge on any atom is -0.370 e. The number of amides is 1. The molecule has 0 atom stereocenters. The Hall–Kier alpha value is -2.68. The Balaban J connectivity index is 1.64. The Morgan fingerprint density at radius 3 is 2.75 bits per heavy atom. The molecule has 0 saturated heterocycles. The molecule has 0 aliphatic heterocycles. The number of carbonyl (C=O) groups excluding carboxylic acids is 1. The molecule has 0 aliphatic carbocycles. The Morgan fingerprint density at radius 2 is 2.04 bits per heavy atom. The monoisotopic (exact) mass is 400 g/mol. The number of carbonyl (C=O) groups is 1. The molecule has 1 amide bonds. The predicted molar refractivity (Wildman–Crippen MR) is 105 cm³/mol. The number of thioether (sulfide) groups is 1. The van der Waals surface area contributed by atoms with Gasteiger partial charge in [0.05, 0.1) is 5.75 Å². The summed E-state index contributed by atoms with van der Waals surface area (Å²) in [6.45, 7) is 5.02. The summed E-state index contributed by atoms with van der Waals surface area (Å²) in [5.41, 5.74) is 6.40. The van der Waals surface area contributed by atoms with Crippen LogP contribution < -0.4 is 5.73 Å². The van der Waals surface area contributed by atoms with Crippen LogP contribution in [0.4, 0.5) is 0 Å². The van der Waals surface area contributed by atoms with Crippen LogP contribution in [0.2, 0.25) is 0 Å². The predicted octanol–water partition coefficient (Wildman–Crippen LogP) is 2.62. The number of primary amides is 1. The van der Waals surface area contributed by atoms with Crippen molar-refractivity contribution in [1.82, 2.24) is 24.9 Å². The third-order valence-electron chi connectivity index (χ3n) is 3.98. The van der Waals surface area contributed by atoms with E-state index in [9.17, 15) is 4.79 Å². The number of nitrogens with zero attached hydrogens (tertiary/aromatic N) is 5. The van der Waals surface area contributed by atoms with E-state index in [1.165, 1.54) is 11.8 Å². The second-order valence-electron chi connectivity index (χ2n) is 6.92. The van der Waals surface area contributed by atoms with Crippen LogP contribution in [0.1, 0.15) is 43.4 Å². The summed E-state index contributed by atoms with van der Waals surface area (Å²) in [6, 6.07) is 10.0. The second kappa shape index (κ2) is 9.50. The lowest BCUT2D eigenvalue weighted by atomic mass is 10.1. The molecule has 0 saturated carbocycles. The van der Waals surface area contributed by atoms with Gasteiger partial charge in [0.25, 0.3) is 0 Å². The summed E-state index contributed by atoms with van der Waals surface area (Å²) in [5, 5.41) is 13.3. The van der Waals surface area contributed by atoms with Gasteiger partial charge in [0.1, 0.15) is 5.82 Å². The lowest BCUT2D eigenvalue weighted by Gasteiger charge is -2.11. The van der Waals surface area contributed by atoms with Gasteiger partial charge in [-0.3, -0.25) is 4.79 Å². The maximum atomic E-state index is 11.1. The maximum absolute atomic E-state index is 11.1. The molecule has 8 nitrogen and oxygen atoms in total. The summed E-state index contributed by atoms with van der Waals surface area (Å²) in [5.74, 6) is 2.56. The first-order valence-corrected chi connectivity index (χ1v) is 10.2. The second-order valence-corrected chi connectivity index (χ2v) is 7.87. The molecule has 2 N–H and O–H groups in total. The van der Waals surface area contributed by atoms with Crippen molar-refractivity contribution >= 4 is 17.7 Å². The Kier molecular flexibility index (Phi) is 6.80. The minimum absolute atomic E-state index is 0.257. The van der Waals surface area contributed by atoms with E-state index >= 15 is 0 Å². The van der Waals surface area contributed by atoms with Crippen LogP contribution in [0, 0.1) is 5.92 Å². The Labute approximate surface area is 167 Å². The minimum atomic E-state index is -0.342. The topological polar surface area (TPSA) is 113 Å². The first kappa shape index (κ1) is 20.1. The van der Waals surface area contributed by atoms with Gasteiger partial charge in [-0.1, -0.05) is 61.1 Å². The zero-order valence-electron chi connectivity index (χ0n) is 16.0. The highest BCUT2D eigenvalue weighted by molar-refractivity contribution is 7.98. The molecule has 0 fully saturated rings. The number of benzene rings is 1. The van der Waals surface area contributed by atoms with Crippen LogP contribution in [0.5, 0.6) is 0 Å². The van der Waals surface area contributed by atoms with Gasteiger partial charge < -0.3 is 14.8 Å². The van der Waals surface area contributed by atoms with Crippen LogP contribution in [-0.2, 0) is 29.9 Å². The summed E-state index contributed by atoms with van der Waals surface area (Å²) in [4.78, 5) is 15.5. The highest BCUT2D eigenvalue weighted by Crippen LogP contribution is 2.23. The van der Waals surface area contributed by atoms with Crippen LogP contribution in [0.25, 0.3) is 0 Å². The van der Waals surface area contributed by atoms with Gasteiger partial charge in [-0.05, 0) is 11.5 Å². The van der Waals surface area contributed by atoms with Gasteiger partial charge in [0.2, 0.25) is 11.8 Å². The number of nitrogens with two attached hydrogens (primary N) is 1. The van der Waals surface area contributed by atoms with E-state index in [1.807, 2.05) is 34.9 Å². The maximum Gasteiger partial charge on any atom is 0.237 e. The number of hydrogen-bond donors (Lipinski definition) is 1. The largest absolute Gasteiger partial charge is 0.370 e. The molecule has 0 aliphatic rings. The average Bonchev–Trinajstić information content (AvgIpc) is 3.25. The van der Waals surface area contributed by atoms with Crippen molar-refractivity contribution < 1.29 is 9.32 Å². The summed E-state index contributed by atoms with van der Waals surface area (Å²) < 4.78 is 7.41. The molecule has 2 heterocycles. The highest BCUT2D eigenvalue weighted by Gasteiger charge is 2.16. The van der Waals surface area contributed by atoms with Gasteiger partial charge in [0.15, 0.2) is 11.0 Å². The van der Waals surface area contributed by atoms with Gasteiger partial charge in [-0.25, -0.2) is 0 Å². The van der Waals surface area contributed by atoms with Crippen molar-refractivity contribution in [3.8, 4) is 0 Å². The molecule has 2 aromatic heterocycles. The third kappa shape index (κ3) is 5.66. The molecular formula is C19H24N6O2S. The van der Waals surface area contributed by atoms with Crippen LogP contribution in [0.3, 0.4) is 0 Å². The molecule has 3 rings (SSSR count). The third-order valence-corrected chi connectivity index (χ3v) is 4.93. The molecule has 0 radical (unpaired) electrons. The molecule has 0 spiro atoms. The van der Waals surface area contributed by atoms with Gasteiger partial charge in [-0.2, -0.15) is 4.98 Å². The molecule has 9 heteroatoms. The summed E-state index contributed by atoms with van der Waals surface area (Å²) >= 11 is 1.49. The van der Waals surface area contributed by atoms with Crippen molar-refractivity contribution in [2.75, 3.05) is 0 Å². The van der Waals surface area contributed by atoms with E-state index in [2.05, 4.69) is 34.2 Å². The van der Waals surface area contributed by atoms with E-state index in [4.69, 9.17) is 10.3 Å². The van der Waals surface area contributed by atoms with Crippen molar-refractivity contribution in [3.63, 3.8) is 0 Å². The van der Waals surface area contributed by atoms with Gasteiger partial charge in [0, 0.05) is 25.8 Å². The number of aromatic nitrogens is 5. The smallest absolute Gasteiger partial charge is 0.237 e. The van der Waals surface area contributed by atoms with Crippen molar-refractivity contribution in [2.24, 2.45) is 11.7 Å². The molecule has 3 aromatic rings. The lowest BCUT2D eigenvalue weighted by Crippen LogP contribution is -2.15. The van der Waals surface area contributed by atoms with E-state index in [0.29, 0.717) is 36.2 Å². The highest BCUT2D eigenvalue weighted by atomic mass is 32.2. The normalized spacial score (nSPS) is 11.2. The van der Waals surface area contributed by atoms with Crippen molar-refractivity contribution in [2.45, 2.75) is 50.6 Å². The fourth-order valence-electron chi connectivity index (χ4n) is 2.72. The van der Waals surface area contributed by atoms with Crippen LogP contribution >= 0.6 is 11.8 Å². The number of hydrogen-bond acceptors (Lipinski definition) is 7. The van der Waals surface area contributed by atoms with E-state index in [-0.39, 0.29) is 12.3 Å². The SMILES string of the molecule is CC(C)Cn1c(CCC(N)=O)nnc1SCc1nc(Cc2ccccc2)no1. The summed E-state index contributed by atoms with van der Waals surface area (Å²) in [6.07, 6.45) is 1.38. The van der Waals surface area contributed by atoms with E-state index in [1.54, 1.807) is 0 Å². The van der Waals surface area contributed by atoms with Gasteiger partial charge >= 0.3 is 0 Å². The van der Waals surface area contributed by atoms with Crippen molar-refractivity contribution in [3.05, 3.63) is 53.4 Å². The zero-order valence-corrected chi connectivity index (χ0v) is 16.9. The lowest BCUT2D eigenvalue weighted by molar-refractivity contribution is -0.118. The molecule has 148 valence electrons. The molecule has 1 aromatic carbocycles. The van der Waals surface area contributed by atoms with Crippen molar-refractivity contribution in [1.29, 1.82) is 0 Å². The molecular weight excluding hydrogens is 376 g/mol. The van der Waals surface area contributed by atoms with E-state index in [0.717, 1.165) is 23.1 Å². The molecule has 28 heavy (non-hydrogen) atoms. The average molecular weight is 401 g/mol. The Morgan fingerprint density at radius 1 is 1.25 bits per heavy atom. The van der Waals surface area contributed by atoms with Crippen LogP contribution in [0.15, 0.2) is 40.0 Å². The fourth-order valence-corrected chi connectivity index (χ4v) is 3.52. The summed E-state index contributed by atoms with van der Waals surface area (Å²) in [7, 11) is 0. The van der Waals surface area contributed by atoms with Crippen LogP contribution in [-0.4, -0.2) is 30.8 Å². The standard InChI is InChI=1S/C19H24N6O2S/c1-13(2)11-25-17(9-8-15(20)26)22-23-19(25)28-12-18-21-16(24-27-18)10-14-6-4-3-5-7-14/h3-7,13H,8-12H2,1-2H3,(H2,20,26). The fraction of sp³-hybridized carbons (Fsp3) is 0.421. The Bertz CT molecular complexity index is 906. The molecule has 0 bridgehead atoms. The van der Waals surface area contributed by atoms with E-state index < -0.39 is 0 Å².